The minimum absolute atomic E-state index is 0.113. The molecule has 0 bridgehead atoms. The lowest BCUT2D eigenvalue weighted by Crippen LogP contribution is -2.45. The minimum Gasteiger partial charge on any atom is -0.392 e. The van der Waals surface area contributed by atoms with Crippen LogP contribution < -0.4 is 11.1 Å². The second-order valence-corrected chi connectivity index (χ2v) is 5.19. The second-order valence-electron chi connectivity index (χ2n) is 4.75. The largest absolute Gasteiger partial charge is 0.392 e. The third-order valence-corrected chi connectivity index (χ3v) is 3.38. The van der Waals surface area contributed by atoms with E-state index in [4.69, 9.17) is 18.0 Å². The summed E-state index contributed by atoms with van der Waals surface area (Å²) in [5, 5.41) is 2.85. The first-order valence-electron chi connectivity index (χ1n) is 5.98. The molecule has 18 heavy (non-hydrogen) atoms. The second kappa shape index (κ2) is 6.49. The number of hydrogen-bond acceptors (Lipinski definition) is 3. The smallest absolute Gasteiger partial charge is 0.232 e. The maximum Gasteiger partial charge on any atom is 0.232 e. The van der Waals surface area contributed by atoms with E-state index < -0.39 is 5.41 Å². The molecule has 1 amide bonds. The number of imidazole rings is 1. The first-order valence-corrected chi connectivity index (χ1v) is 6.39. The van der Waals surface area contributed by atoms with Gasteiger partial charge in [-0.2, -0.15) is 0 Å². The zero-order valence-corrected chi connectivity index (χ0v) is 11.7. The van der Waals surface area contributed by atoms with Crippen molar-refractivity contribution in [3.63, 3.8) is 0 Å². The molecule has 6 heteroatoms. The number of hydrogen-bond donors (Lipinski definition) is 2. The lowest BCUT2D eigenvalue weighted by Gasteiger charge is -2.21. The maximum atomic E-state index is 11.8. The Bertz CT molecular complexity index is 400. The van der Waals surface area contributed by atoms with Gasteiger partial charge in [0.05, 0.1) is 16.7 Å². The van der Waals surface area contributed by atoms with E-state index in [1.165, 1.54) is 0 Å². The molecule has 100 valence electrons. The molecule has 0 aromatic carbocycles. The topological polar surface area (TPSA) is 72.9 Å². The molecule has 0 fully saturated rings. The first-order chi connectivity index (χ1) is 8.44. The number of nitrogens with zero attached hydrogens (tertiary/aromatic N) is 2. The zero-order chi connectivity index (χ0) is 13.6. The van der Waals surface area contributed by atoms with Crippen molar-refractivity contribution >= 4 is 23.1 Å². The van der Waals surface area contributed by atoms with Gasteiger partial charge in [0, 0.05) is 25.5 Å². The van der Waals surface area contributed by atoms with E-state index in [1.54, 1.807) is 26.4 Å². The van der Waals surface area contributed by atoms with Crippen LogP contribution in [0, 0.1) is 5.41 Å². The summed E-state index contributed by atoms with van der Waals surface area (Å²) in [6.45, 7) is 5.01. The molecule has 1 aromatic heterocycles. The molecule has 0 aliphatic heterocycles. The Hall–Kier alpha value is -1.43. The van der Waals surface area contributed by atoms with Gasteiger partial charge in [-0.25, -0.2) is 4.98 Å². The molecule has 0 saturated heterocycles. The van der Waals surface area contributed by atoms with Crippen LogP contribution in [0.15, 0.2) is 18.7 Å². The van der Waals surface area contributed by atoms with E-state index in [9.17, 15) is 4.79 Å². The van der Waals surface area contributed by atoms with Gasteiger partial charge in [-0.15, -0.1) is 0 Å². The SMILES string of the molecule is CC(C)(C(=O)NCCCCn1ccnc1)C(N)=S. The third kappa shape index (κ3) is 4.10. The van der Waals surface area contributed by atoms with Crippen molar-refractivity contribution in [1.29, 1.82) is 0 Å². The fraction of sp³-hybridized carbons (Fsp3) is 0.583. The molecule has 5 nitrogen and oxygen atoms in total. The Balaban J connectivity index is 2.18. The molecule has 0 atom stereocenters. The highest BCUT2D eigenvalue weighted by molar-refractivity contribution is 7.80. The number of aromatic nitrogens is 2. The summed E-state index contributed by atoms with van der Waals surface area (Å²) in [5.41, 5.74) is 4.75. The van der Waals surface area contributed by atoms with E-state index in [0.29, 0.717) is 6.54 Å². The highest BCUT2D eigenvalue weighted by Crippen LogP contribution is 2.15. The molecule has 0 spiro atoms. The van der Waals surface area contributed by atoms with Crippen molar-refractivity contribution < 1.29 is 4.79 Å². The van der Waals surface area contributed by atoms with Gasteiger partial charge in [0.2, 0.25) is 5.91 Å². The number of thiocarbonyl (C=S) groups is 1. The number of carbonyl (C=O) groups is 1. The fourth-order valence-corrected chi connectivity index (χ4v) is 1.47. The number of nitrogens with two attached hydrogens (primary N) is 1. The van der Waals surface area contributed by atoms with Gasteiger partial charge in [0.15, 0.2) is 0 Å². The highest BCUT2D eigenvalue weighted by Gasteiger charge is 2.30. The van der Waals surface area contributed by atoms with Crippen LogP contribution in [0.25, 0.3) is 0 Å². The van der Waals surface area contributed by atoms with Crippen molar-refractivity contribution in [2.24, 2.45) is 11.1 Å². The molecule has 1 aromatic rings. The van der Waals surface area contributed by atoms with Crippen LogP contribution in [0.5, 0.6) is 0 Å². The molecule has 0 aliphatic carbocycles. The monoisotopic (exact) mass is 268 g/mol. The highest BCUT2D eigenvalue weighted by atomic mass is 32.1. The van der Waals surface area contributed by atoms with Crippen LogP contribution in [-0.2, 0) is 11.3 Å². The van der Waals surface area contributed by atoms with Crippen LogP contribution >= 0.6 is 12.2 Å². The summed E-state index contributed by atoms with van der Waals surface area (Å²) in [5.74, 6) is -0.113. The molecular formula is C12H20N4OS. The quantitative estimate of drug-likeness (QED) is 0.573. The van der Waals surface area contributed by atoms with E-state index in [-0.39, 0.29) is 10.9 Å². The van der Waals surface area contributed by atoms with Gasteiger partial charge in [-0.1, -0.05) is 12.2 Å². The van der Waals surface area contributed by atoms with Crippen LogP contribution in [0.4, 0.5) is 0 Å². The molecule has 1 heterocycles. The number of rotatable bonds is 7. The van der Waals surface area contributed by atoms with Crippen molar-refractivity contribution in [1.82, 2.24) is 14.9 Å². The van der Waals surface area contributed by atoms with E-state index >= 15 is 0 Å². The zero-order valence-electron chi connectivity index (χ0n) is 10.8. The van der Waals surface area contributed by atoms with Crippen molar-refractivity contribution in [3.05, 3.63) is 18.7 Å². The van der Waals surface area contributed by atoms with Gasteiger partial charge >= 0.3 is 0 Å². The minimum atomic E-state index is -0.778. The summed E-state index contributed by atoms with van der Waals surface area (Å²) >= 11 is 4.87. The molecule has 0 unspecified atom stereocenters. The molecular weight excluding hydrogens is 248 g/mol. The van der Waals surface area contributed by atoms with Crippen LogP contribution in [-0.4, -0.2) is 27.0 Å². The number of carbonyl (C=O) groups excluding carboxylic acids is 1. The summed E-state index contributed by atoms with van der Waals surface area (Å²) in [6.07, 6.45) is 7.37. The van der Waals surface area contributed by atoms with E-state index in [1.807, 2.05) is 10.8 Å². The van der Waals surface area contributed by atoms with Crippen LogP contribution in [0.3, 0.4) is 0 Å². The van der Waals surface area contributed by atoms with E-state index in [0.717, 1.165) is 19.4 Å². The lowest BCUT2D eigenvalue weighted by atomic mass is 9.92. The molecule has 3 N–H and O–H groups in total. The molecule has 1 rings (SSSR count). The Morgan fingerprint density at radius 3 is 2.78 bits per heavy atom. The third-order valence-electron chi connectivity index (χ3n) is 2.87. The Morgan fingerprint density at radius 1 is 1.50 bits per heavy atom. The summed E-state index contributed by atoms with van der Waals surface area (Å²) in [4.78, 5) is 16.0. The van der Waals surface area contributed by atoms with Crippen molar-refractivity contribution in [2.75, 3.05) is 6.54 Å². The molecule has 0 radical (unpaired) electrons. The van der Waals surface area contributed by atoms with Crippen LogP contribution in [0.2, 0.25) is 0 Å². The standard InChI is InChI=1S/C12H20N4OS/c1-12(2,10(13)18)11(17)15-5-3-4-7-16-8-6-14-9-16/h6,8-9H,3-5,7H2,1-2H3,(H2,13,18)(H,15,17). The average molecular weight is 268 g/mol. The number of amides is 1. The average Bonchev–Trinajstić information content (AvgIpc) is 2.81. The van der Waals surface area contributed by atoms with Gasteiger partial charge in [0.25, 0.3) is 0 Å². The number of nitrogens with one attached hydrogen (secondary N) is 1. The lowest BCUT2D eigenvalue weighted by molar-refractivity contribution is -0.126. The molecule has 0 aliphatic rings. The first kappa shape index (κ1) is 14.6. The van der Waals surface area contributed by atoms with Crippen LogP contribution in [0.1, 0.15) is 26.7 Å². The normalized spacial score (nSPS) is 11.2. The fourth-order valence-electron chi connectivity index (χ4n) is 1.37. The number of aryl methyl sites for hydroxylation is 1. The van der Waals surface area contributed by atoms with Crippen molar-refractivity contribution in [2.45, 2.75) is 33.2 Å². The Labute approximate surface area is 113 Å². The summed E-state index contributed by atoms with van der Waals surface area (Å²) < 4.78 is 2.01. The van der Waals surface area contributed by atoms with Gasteiger partial charge < -0.3 is 15.6 Å². The van der Waals surface area contributed by atoms with Gasteiger partial charge in [-0.05, 0) is 26.7 Å². The van der Waals surface area contributed by atoms with Gasteiger partial charge in [0.1, 0.15) is 0 Å². The van der Waals surface area contributed by atoms with Crippen molar-refractivity contribution in [3.8, 4) is 0 Å². The number of unbranched alkanes of at least 4 members (excludes halogenated alkanes) is 1. The summed E-state index contributed by atoms with van der Waals surface area (Å²) in [7, 11) is 0. The maximum absolute atomic E-state index is 11.8. The predicted octanol–water partition coefficient (Wildman–Crippen LogP) is 1.09. The van der Waals surface area contributed by atoms with E-state index in [2.05, 4.69) is 10.3 Å². The summed E-state index contributed by atoms with van der Waals surface area (Å²) in [6, 6.07) is 0. The Morgan fingerprint density at radius 2 is 2.22 bits per heavy atom. The predicted molar refractivity (Wildman–Crippen MR) is 75.0 cm³/mol. The molecule has 0 saturated carbocycles. The Kier molecular flexibility index (Phi) is 5.27. The van der Waals surface area contributed by atoms with Gasteiger partial charge in [-0.3, -0.25) is 4.79 Å².